The van der Waals surface area contributed by atoms with E-state index < -0.39 is 11.6 Å². The van der Waals surface area contributed by atoms with Gasteiger partial charge in [0.2, 0.25) is 0 Å². The third kappa shape index (κ3) is 7.74. The molecule has 0 bridgehead atoms. The van der Waals surface area contributed by atoms with Crippen LogP contribution in [-0.2, 0) is 6.42 Å². The van der Waals surface area contributed by atoms with Crippen molar-refractivity contribution < 1.29 is 8.78 Å². The van der Waals surface area contributed by atoms with E-state index >= 15 is 0 Å². The predicted octanol–water partition coefficient (Wildman–Crippen LogP) is 8.58. The molecule has 1 aliphatic carbocycles. The Hall–Kier alpha value is -0.490. The number of unbranched alkanes of at least 4 members (excludes halogenated alkanes) is 7. The summed E-state index contributed by atoms with van der Waals surface area (Å²) >= 11 is 0. The topological polar surface area (TPSA) is 0 Å². The number of hydrogen-bond acceptors (Lipinski definition) is 0. The van der Waals surface area contributed by atoms with Gasteiger partial charge in [0.05, 0.1) is 0 Å². The van der Waals surface area contributed by atoms with Gasteiger partial charge < -0.3 is 0 Å². The Morgan fingerprint density at radius 1 is 0.821 bits per heavy atom. The normalized spacial score (nSPS) is 19.9. The first kappa shape index (κ1) is 23.8. The molecule has 0 amide bonds. The number of aryl methyl sites for hydroxylation is 1. The number of halogens is 2. The van der Waals surface area contributed by atoms with Gasteiger partial charge in [-0.2, -0.15) is 0 Å². The van der Waals surface area contributed by atoms with Crippen LogP contribution >= 0.6 is 9.24 Å². The molecule has 0 nitrogen and oxygen atoms in total. The van der Waals surface area contributed by atoms with Crippen LogP contribution in [0.25, 0.3) is 0 Å². The smallest absolute Gasteiger partial charge is 0.162 e. The summed E-state index contributed by atoms with van der Waals surface area (Å²) in [6.45, 7) is 2.24. The molecule has 0 saturated heterocycles. The van der Waals surface area contributed by atoms with Crippen molar-refractivity contribution in [1.29, 1.82) is 0 Å². The van der Waals surface area contributed by atoms with E-state index in [1.54, 1.807) is 0 Å². The average molecular weight is 411 g/mol. The Balaban J connectivity index is 1.78. The minimum absolute atomic E-state index is 0.211. The highest BCUT2D eigenvalue weighted by Gasteiger charge is 2.26. The van der Waals surface area contributed by atoms with Crippen molar-refractivity contribution >= 4 is 9.24 Å². The summed E-state index contributed by atoms with van der Waals surface area (Å²) in [6.07, 6.45) is 18.5. The molecule has 1 unspecified atom stereocenters. The van der Waals surface area contributed by atoms with E-state index in [9.17, 15) is 8.78 Å². The van der Waals surface area contributed by atoms with Gasteiger partial charge in [0.1, 0.15) is 0 Å². The van der Waals surface area contributed by atoms with Gasteiger partial charge in [0, 0.05) is 0 Å². The molecule has 0 N–H and O–H groups in total. The molecule has 1 fully saturated rings. The maximum Gasteiger partial charge on any atom is 0.162 e. The largest absolute Gasteiger partial charge is 0.203 e. The lowest BCUT2D eigenvalue weighted by atomic mass is 9.76. The zero-order valence-electron chi connectivity index (χ0n) is 18.0. The van der Waals surface area contributed by atoms with E-state index in [1.165, 1.54) is 70.4 Å². The molecule has 28 heavy (non-hydrogen) atoms. The Morgan fingerprint density at radius 2 is 1.50 bits per heavy atom. The second kappa shape index (κ2) is 13.7. The molecule has 160 valence electrons. The van der Waals surface area contributed by atoms with Gasteiger partial charge >= 0.3 is 0 Å². The van der Waals surface area contributed by atoms with Crippen molar-refractivity contribution in [1.82, 2.24) is 0 Å². The second-order valence-electron chi connectivity index (χ2n) is 8.82. The van der Waals surface area contributed by atoms with Gasteiger partial charge in [-0.05, 0) is 74.1 Å². The highest BCUT2D eigenvalue weighted by molar-refractivity contribution is 7.16. The SMILES string of the molecule is CCCCCC1CCC(c2ccc(CCCCCCCCP)c(F)c2F)CC1. The van der Waals surface area contributed by atoms with Crippen molar-refractivity contribution in [3.8, 4) is 0 Å². The highest BCUT2D eigenvalue weighted by atomic mass is 31.0. The first-order valence-corrected chi connectivity index (χ1v) is 12.7. The van der Waals surface area contributed by atoms with E-state index in [0.717, 1.165) is 31.6 Å². The Labute approximate surface area is 174 Å². The van der Waals surface area contributed by atoms with E-state index in [1.807, 2.05) is 12.1 Å². The van der Waals surface area contributed by atoms with E-state index in [4.69, 9.17) is 0 Å². The standard InChI is InChI=1S/C25H41F2P/c1-2-3-8-11-20-13-15-21(16-14-20)23-18-17-22(24(26)25(23)27)12-9-6-4-5-7-10-19-28/h17-18,20-21H,2-16,19,28H2,1H3. The lowest BCUT2D eigenvalue weighted by Crippen LogP contribution is -2.15. The Morgan fingerprint density at radius 3 is 2.18 bits per heavy atom. The second-order valence-corrected chi connectivity index (χ2v) is 9.39. The van der Waals surface area contributed by atoms with Gasteiger partial charge in [0.15, 0.2) is 11.6 Å². The van der Waals surface area contributed by atoms with Crippen LogP contribution in [0.15, 0.2) is 12.1 Å². The zero-order chi connectivity index (χ0) is 20.2. The third-order valence-electron chi connectivity index (χ3n) is 6.59. The minimum atomic E-state index is -0.578. The van der Waals surface area contributed by atoms with Crippen LogP contribution in [0.4, 0.5) is 8.78 Å². The van der Waals surface area contributed by atoms with Crippen molar-refractivity contribution in [3.63, 3.8) is 0 Å². The van der Waals surface area contributed by atoms with Crippen LogP contribution in [0.2, 0.25) is 0 Å². The fourth-order valence-electron chi connectivity index (χ4n) is 4.72. The zero-order valence-corrected chi connectivity index (χ0v) is 19.1. The summed E-state index contributed by atoms with van der Waals surface area (Å²) in [7, 11) is 2.77. The Bertz CT molecular complexity index is 550. The van der Waals surface area contributed by atoms with Crippen LogP contribution in [0.5, 0.6) is 0 Å². The fraction of sp³-hybridized carbons (Fsp3) is 0.760. The quantitative estimate of drug-likeness (QED) is 0.226. The summed E-state index contributed by atoms with van der Waals surface area (Å²) < 4.78 is 29.3. The molecular weight excluding hydrogens is 369 g/mol. The summed E-state index contributed by atoms with van der Waals surface area (Å²) in [5.41, 5.74) is 1.20. The average Bonchev–Trinajstić information content (AvgIpc) is 2.71. The van der Waals surface area contributed by atoms with Crippen molar-refractivity contribution in [2.45, 2.75) is 109 Å². The van der Waals surface area contributed by atoms with E-state index in [-0.39, 0.29) is 5.92 Å². The van der Waals surface area contributed by atoms with Gasteiger partial charge in [-0.15, -0.1) is 9.24 Å². The maximum atomic E-state index is 14.7. The first-order chi connectivity index (χ1) is 13.7. The van der Waals surface area contributed by atoms with Gasteiger partial charge in [0.25, 0.3) is 0 Å². The summed E-state index contributed by atoms with van der Waals surface area (Å²) in [5, 5.41) is 0. The number of rotatable bonds is 13. The molecule has 0 aliphatic heterocycles. The molecule has 0 spiro atoms. The van der Waals surface area contributed by atoms with Gasteiger partial charge in [-0.1, -0.05) is 70.4 Å². The van der Waals surface area contributed by atoms with Crippen molar-refractivity contribution in [2.75, 3.05) is 6.16 Å². The number of benzene rings is 1. The molecular formula is C25H41F2P. The fourth-order valence-corrected chi connectivity index (χ4v) is 5.01. The monoisotopic (exact) mass is 410 g/mol. The van der Waals surface area contributed by atoms with E-state index in [2.05, 4.69) is 16.2 Å². The van der Waals surface area contributed by atoms with Crippen LogP contribution in [-0.4, -0.2) is 6.16 Å². The Kier molecular flexibility index (Phi) is 11.6. The molecule has 1 saturated carbocycles. The highest BCUT2D eigenvalue weighted by Crippen LogP contribution is 2.39. The predicted molar refractivity (Wildman–Crippen MR) is 121 cm³/mol. The molecule has 1 atom stereocenters. The summed E-state index contributed by atoms with van der Waals surface area (Å²) in [4.78, 5) is 0. The molecule has 1 aromatic rings. The summed E-state index contributed by atoms with van der Waals surface area (Å²) in [6, 6.07) is 3.74. The lowest BCUT2D eigenvalue weighted by Gasteiger charge is -2.29. The van der Waals surface area contributed by atoms with Crippen LogP contribution in [0.3, 0.4) is 0 Å². The lowest BCUT2D eigenvalue weighted by molar-refractivity contribution is 0.297. The van der Waals surface area contributed by atoms with E-state index in [0.29, 0.717) is 17.5 Å². The maximum absolute atomic E-state index is 14.7. The molecule has 1 aliphatic rings. The van der Waals surface area contributed by atoms with Crippen LogP contribution in [0.1, 0.15) is 114 Å². The van der Waals surface area contributed by atoms with Crippen LogP contribution < -0.4 is 0 Å². The van der Waals surface area contributed by atoms with Gasteiger partial charge in [-0.3, -0.25) is 0 Å². The molecule has 1 aromatic carbocycles. The van der Waals surface area contributed by atoms with Crippen molar-refractivity contribution in [2.24, 2.45) is 5.92 Å². The molecule has 2 rings (SSSR count). The minimum Gasteiger partial charge on any atom is -0.203 e. The molecule has 0 radical (unpaired) electrons. The third-order valence-corrected chi connectivity index (χ3v) is 7.00. The first-order valence-electron chi connectivity index (χ1n) is 11.8. The van der Waals surface area contributed by atoms with Crippen LogP contribution in [0, 0.1) is 17.6 Å². The molecule has 0 heterocycles. The van der Waals surface area contributed by atoms with Crippen molar-refractivity contribution in [3.05, 3.63) is 34.9 Å². The molecule has 0 aromatic heterocycles. The number of hydrogen-bond donors (Lipinski definition) is 0. The summed E-state index contributed by atoms with van der Waals surface area (Å²) in [5.74, 6) is -0.133. The molecule has 3 heteroatoms. The van der Waals surface area contributed by atoms with Gasteiger partial charge in [-0.25, -0.2) is 8.78 Å².